The molecule has 1 aromatic heterocycles. The molecule has 108 valence electrons. The summed E-state index contributed by atoms with van der Waals surface area (Å²) in [6.45, 7) is -0.00668. The smallest absolute Gasteiger partial charge is 0.271 e. The molecule has 0 unspecified atom stereocenters. The van der Waals surface area contributed by atoms with Crippen molar-refractivity contribution < 1.29 is 13.5 Å². The van der Waals surface area contributed by atoms with Gasteiger partial charge in [-0.3, -0.25) is 4.72 Å². The van der Waals surface area contributed by atoms with Crippen LogP contribution in [0.5, 0.6) is 0 Å². The van der Waals surface area contributed by atoms with E-state index in [-0.39, 0.29) is 10.8 Å². The van der Waals surface area contributed by atoms with E-state index in [4.69, 9.17) is 16.7 Å². The maximum absolute atomic E-state index is 12.3. The molecule has 2 N–H and O–H groups in total. The summed E-state index contributed by atoms with van der Waals surface area (Å²) in [6.07, 6.45) is 0.445. The van der Waals surface area contributed by atoms with Gasteiger partial charge < -0.3 is 5.11 Å². The number of nitrogens with one attached hydrogen (secondary N) is 1. The maximum Gasteiger partial charge on any atom is 0.271 e. The van der Waals surface area contributed by atoms with E-state index in [9.17, 15) is 8.42 Å². The molecule has 1 heterocycles. The fraction of sp³-hybridized carbons (Fsp3) is 0.167. The normalized spacial score (nSPS) is 11.6. The lowest BCUT2D eigenvalue weighted by atomic mass is 10.3. The van der Waals surface area contributed by atoms with Crippen molar-refractivity contribution in [2.24, 2.45) is 0 Å². The molecule has 20 heavy (non-hydrogen) atoms. The highest BCUT2D eigenvalue weighted by atomic mass is 79.9. The third-order valence-electron chi connectivity index (χ3n) is 2.43. The van der Waals surface area contributed by atoms with Gasteiger partial charge in [0.25, 0.3) is 10.0 Å². The number of hydrogen-bond acceptors (Lipinski definition) is 4. The van der Waals surface area contributed by atoms with Crippen LogP contribution in [0, 0.1) is 0 Å². The first kappa shape index (κ1) is 15.8. The van der Waals surface area contributed by atoms with Gasteiger partial charge in [-0.1, -0.05) is 11.6 Å². The molecule has 0 atom stereocenters. The fourth-order valence-corrected chi connectivity index (χ4v) is 4.58. The maximum atomic E-state index is 12.3. The van der Waals surface area contributed by atoms with Crippen molar-refractivity contribution in [1.29, 1.82) is 0 Å². The van der Waals surface area contributed by atoms with E-state index in [0.717, 1.165) is 16.2 Å². The van der Waals surface area contributed by atoms with E-state index in [1.807, 2.05) is 0 Å². The monoisotopic (exact) mass is 395 g/mol. The van der Waals surface area contributed by atoms with Crippen LogP contribution in [0.3, 0.4) is 0 Å². The van der Waals surface area contributed by atoms with Gasteiger partial charge in [-0.25, -0.2) is 8.42 Å². The number of aliphatic hydroxyl groups excluding tert-OH is 1. The van der Waals surface area contributed by atoms with Crippen molar-refractivity contribution in [3.05, 3.63) is 44.7 Å². The number of benzene rings is 1. The second kappa shape index (κ2) is 6.44. The Morgan fingerprint density at radius 1 is 1.30 bits per heavy atom. The SMILES string of the molecule is O=S(=O)(Nc1cc(Cl)ccc1Br)c1ccc(CCO)s1. The standard InChI is InChI=1S/C12H11BrClNO3S2/c13-10-3-1-8(14)7-11(10)15-20(17,18)12-4-2-9(19-12)5-6-16/h1-4,7,15-16H,5-6H2. The Morgan fingerprint density at radius 2 is 2.05 bits per heavy atom. The summed E-state index contributed by atoms with van der Waals surface area (Å²) in [4.78, 5) is 0.818. The van der Waals surface area contributed by atoms with Crippen LogP contribution in [0.25, 0.3) is 0 Å². The van der Waals surface area contributed by atoms with Crippen LogP contribution >= 0.6 is 38.9 Å². The first-order chi connectivity index (χ1) is 9.42. The summed E-state index contributed by atoms with van der Waals surface area (Å²) in [6, 6.07) is 8.09. The molecule has 0 aliphatic heterocycles. The molecule has 4 nitrogen and oxygen atoms in total. The predicted octanol–water partition coefficient (Wildman–Crippen LogP) is 3.50. The van der Waals surface area contributed by atoms with Crippen LogP contribution in [0.1, 0.15) is 4.88 Å². The molecule has 0 radical (unpaired) electrons. The minimum atomic E-state index is -3.65. The number of thiophene rings is 1. The quantitative estimate of drug-likeness (QED) is 0.813. The van der Waals surface area contributed by atoms with Gasteiger partial charge >= 0.3 is 0 Å². The highest BCUT2D eigenvalue weighted by Crippen LogP contribution is 2.30. The molecule has 1 aromatic carbocycles. The van der Waals surface area contributed by atoms with Crippen LogP contribution < -0.4 is 4.72 Å². The van der Waals surface area contributed by atoms with Gasteiger partial charge in [0.05, 0.1) is 5.69 Å². The number of aliphatic hydroxyl groups is 1. The van der Waals surface area contributed by atoms with E-state index in [1.165, 1.54) is 12.1 Å². The van der Waals surface area contributed by atoms with Gasteiger partial charge in [0, 0.05) is 27.4 Å². The molecule has 2 rings (SSSR count). The van der Waals surface area contributed by atoms with Crippen LogP contribution in [0.4, 0.5) is 5.69 Å². The van der Waals surface area contributed by atoms with E-state index in [1.54, 1.807) is 18.2 Å². The number of anilines is 1. The third kappa shape index (κ3) is 3.73. The zero-order chi connectivity index (χ0) is 14.8. The molecule has 8 heteroatoms. The fourth-order valence-electron chi connectivity index (χ4n) is 1.52. The van der Waals surface area contributed by atoms with E-state index >= 15 is 0 Å². The number of rotatable bonds is 5. The Kier molecular flexibility index (Phi) is 5.09. The molecule has 0 saturated heterocycles. The second-order valence-electron chi connectivity index (χ2n) is 3.92. The molecule has 0 bridgehead atoms. The van der Waals surface area contributed by atoms with Gasteiger partial charge in [0.2, 0.25) is 0 Å². The summed E-state index contributed by atoms with van der Waals surface area (Å²) in [5.74, 6) is 0. The average Bonchev–Trinajstić information content (AvgIpc) is 2.83. The van der Waals surface area contributed by atoms with Gasteiger partial charge in [0.1, 0.15) is 4.21 Å². The van der Waals surface area contributed by atoms with Crippen LogP contribution in [-0.2, 0) is 16.4 Å². The summed E-state index contributed by atoms with van der Waals surface area (Å²) >= 11 is 10.3. The molecular formula is C12H11BrClNO3S2. The average molecular weight is 397 g/mol. The number of sulfonamides is 1. The largest absolute Gasteiger partial charge is 0.396 e. The van der Waals surface area contributed by atoms with Crippen molar-refractivity contribution in [1.82, 2.24) is 0 Å². The minimum Gasteiger partial charge on any atom is -0.396 e. The highest BCUT2D eigenvalue weighted by molar-refractivity contribution is 9.10. The topological polar surface area (TPSA) is 66.4 Å². The van der Waals surface area contributed by atoms with Crippen molar-refractivity contribution in [3.63, 3.8) is 0 Å². The van der Waals surface area contributed by atoms with Crippen LogP contribution in [0.15, 0.2) is 39.0 Å². The summed E-state index contributed by atoms with van der Waals surface area (Å²) in [5.41, 5.74) is 0.384. The Labute approximate surface area is 134 Å². The van der Waals surface area contributed by atoms with Gasteiger partial charge in [-0.15, -0.1) is 11.3 Å². The zero-order valence-corrected chi connectivity index (χ0v) is 14.1. The van der Waals surface area contributed by atoms with Crippen molar-refractivity contribution >= 4 is 54.6 Å². The zero-order valence-electron chi connectivity index (χ0n) is 10.1. The first-order valence-corrected chi connectivity index (χ1v) is 9.07. The Balaban J connectivity index is 2.28. The molecule has 0 aliphatic carbocycles. The molecule has 0 spiro atoms. The van der Waals surface area contributed by atoms with Crippen molar-refractivity contribution in [2.75, 3.05) is 11.3 Å². The Morgan fingerprint density at radius 3 is 2.75 bits per heavy atom. The van der Waals surface area contributed by atoms with Gasteiger partial charge in [-0.2, -0.15) is 0 Å². The van der Waals surface area contributed by atoms with Gasteiger partial charge in [0.15, 0.2) is 0 Å². The van der Waals surface area contributed by atoms with Crippen LogP contribution in [0.2, 0.25) is 5.02 Å². The number of halogens is 2. The molecule has 0 saturated carbocycles. The lowest BCUT2D eigenvalue weighted by molar-refractivity contribution is 0.300. The summed E-state index contributed by atoms with van der Waals surface area (Å²) < 4.78 is 27.8. The van der Waals surface area contributed by atoms with Crippen LogP contribution in [-0.4, -0.2) is 20.1 Å². The van der Waals surface area contributed by atoms with Crippen molar-refractivity contribution in [2.45, 2.75) is 10.6 Å². The molecule has 0 amide bonds. The lowest BCUT2D eigenvalue weighted by Crippen LogP contribution is -2.11. The Hall–Kier alpha value is -0.600. The van der Waals surface area contributed by atoms with E-state index < -0.39 is 10.0 Å². The first-order valence-electron chi connectivity index (χ1n) is 5.60. The summed E-state index contributed by atoms with van der Waals surface area (Å²) in [5, 5.41) is 9.30. The minimum absolute atomic E-state index is 0.00668. The highest BCUT2D eigenvalue weighted by Gasteiger charge is 2.18. The Bertz CT molecular complexity index is 715. The third-order valence-corrected chi connectivity index (χ3v) is 6.36. The predicted molar refractivity (Wildman–Crippen MR) is 85.1 cm³/mol. The lowest BCUT2D eigenvalue weighted by Gasteiger charge is -2.08. The summed E-state index contributed by atoms with van der Waals surface area (Å²) in [7, 11) is -3.65. The van der Waals surface area contributed by atoms with E-state index in [2.05, 4.69) is 20.7 Å². The molecule has 0 aliphatic rings. The van der Waals surface area contributed by atoms with E-state index in [0.29, 0.717) is 21.6 Å². The molecular weight excluding hydrogens is 386 g/mol. The van der Waals surface area contributed by atoms with Gasteiger partial charge in [-0.05, 0) is 46.3 Å². The number of hydrogen-bond donors (Lipinski definition) is 2. The van der Waals surface area contributed by atoms with Crippen molar-refractivity contribution in [3.8, 4) is 0 Å². The molecule has 2 aromatic rings. The molecule has 0 fully saturated rings. The second-order valence-corrected chi connectivity index (χ2v) is 8.29.